The fraction of sp³-hybridized carbons (Fsp3) is 0.581. The number of nitrogens with zero attached hydrogens (tertiary/aromatic N) is 5. The molecule has 0 radical (unpaired) electrons. The van der Waals surface area contributed by atoms with E-state index in [9.17, 15) is 9.59 Å². The van der Waals surface area contributed by atoms with E-state index in [1.807, 2.05) is 35.4 Å². The van der Waals surface area contributed by atoms with Gasteiger partial charge in [0.2, 0.25) is 11.8 Å². The van der Waals surface area contributed by atoms with Gasteiger partial charge in [0.25, 0.3) is 0 Å². The van der Waals surface area contributed by atoms with Gasteiger partial charge in [-0.3, -0.25) is 14.5 Å². The third-order valence-electron chi connectivity index (χ3n) is 8.24. The third kappa shape index (κ3) is 7.13. The predicted octanol–water partition coefficient (Wildman–Crippen LogP) is 4.72. The van der Waals surface area contributed by atoms with Crippen LogP contribution in [-0.2, 0) is 16.1 Å². The van der Waals surface area contributed by atoms with Gasteiger partial charge in [-0.1, -0.05) is 49.9 Å². The zero-order valence-corrected chi connectivity index (χ0v) is 22.8. The van der Waals surface area contributed by atoms with Gasteiger partial charge in [-0.25, -0.2) is 4.98 Å². The molecule has 7 nitrogen and oxygen atoms in total. The summed E-state index contributed by atoms with van der Waals surface area (Å²) < 4.78 is 0. The fourth-order valence-corrected chi connectivity index (χ4v) is 5.74. The Kier molecular flexibility index (Phi) is 9.28. The minimum atomic E-state index is 0.189. The van der Waals surface area contributed by atoms with Gasteiger partial charge in [0.15, 0.2) is 0 Å². The van der Waals surface area contributed by atoms with Crippen LogP contribution in [-0.4, -0.2) is 72.4 Å². The van der Waals surface area contributed by atoms with Crippen LogP contribution in [0.5, 0.6) is 0 Å². The summed E-state index contributed by atoms with van der Waals surface area (Å²) in [5, 5.41) is 0. The molecule has 2 aliphatic heterocycles. The Morgan fingerprint density at radius 1 is 0.789 bits per heavy atom. The first kappa shape index (κ1) is 26.7. The summed E-state index contributed by atoms with van der Waals surface area (Å²) in [5.41, 5.74) is 2.10. The minimum absolute atomic E-state index is 0.189. The van der Waals surface area contributed by atoms with Gasteiger partial charge in [-0.15, -0.1) is 0 Å². The van der Waals surface area contributed by atoms with Crippen molar-refractivity contribution in [1.82, 2.24) is 14.8 Å². The molecule has 2 amide bonds. The number of para-hydroxylation sites is 1. The zero-order valence-electron chi connectivity index (χ0n) is 22.8. The highest BCUT2D eigenvalue weighted by atomic mass is 16.2. The standard InChI is InChI=1S/C31H43N5O2/c37-30(16-20-33-21-23-34(24-22-33)29-13-7-8-17-32-29)35-18-9-3-1-2-4-10-19-36(31(38)26-14-15-26)28-12-6-5-11-27(28)25-35/h5-8,11-13,17,26H,1-4,9-10,14-16,18-25H2. The van der Waals surface area contributed by atoms with Crippen molar-refractivity contribution in [2.45, 2.75) is 64.3 Å². The molecular weight excluding hydrogens is 474 g/mol. The number of rotatable bonds is 5. The summed E-state index contributed by atoms with van der Waals surface area (Å²) in [6.07, 6.45) is 11.2. The number of hydrogen-bond acceptors (Lipinski definition) is 5. The molecule has 3 heterocycles. The smallest absolute Gasteiger partial charge is 0.230 e. The number of benzene rings is 1. The molecule has 7 heteroatoms. The Morgan fingerprint density at radius 2 is 1.50 bits per heavy atom. The van der Waals surface area contributed by atoms with Crippen LogP contribution in [0, 0.1) is 5.92 Å². The van der Waals surface area contributed by atoms with Gasteiger partial charge >= 0.3 is 0 Å². The summed E-state index contributed by atoms with van der Waals surface area (Å²) >= 11 is 0. The Bertz CT molecular complexity index is 1050. The van der Waals surface area contributed by atoms with Gasteiger partial charge < -0.3 is 14.7 Å². The maximum absolute atomic E-state index is 13.6. The van der Waals surface area contributed by atoms with Crippen molar-refractivity contribution in [3.05, 3.63) is 54.2 Å². The number of anilines is 2. The molecule has 0 bridgehead atoms. The first-order valence-corrected chi connectivity index (χ1v) is 14.7. The lowest BCUT2D eigenvalue weighted by atomic mass is 10.1. The van der Waals surface area contributed by atoms with E-state index in [1.54, 1.807) is 0 Å². The van der Waals surface area contributed by atoms with Crippen molar-refractivity contribution in [2.75, 3.05) is 55.6 Å². The molecule has 0 atom stereocenters. The average molecular weight is 518 g/mol. The van der Waals surface area contributed by atoms with Crippen molar-refractivity contribution in [3.63, 3.8) is 0 Å². The van der Waals surface area contributed by atoms with Gasteiger partial charge in [0, 0.05) is 76.6 Å². The number of fused-ring (bicyclic) bond motifs is 1. The number of piperazine rings is 1. The number of carbonyl (C=O) groups is 2. The molecule has 1 aromatic heterocycles. The van der Waals surface area contributed by atoms with Crippen molar-refractivity contribution in [2.24, 2.45) is 5.92 Å². The molecule has 3 aliphatic rings. The monoisotopic (exact) mass is 517 g/mol. The van der Waals surface area contributed by atoms with E-state index in [2.05, 4.69) is 37.9 Å². The maximum Gasteiger partial charge on any atom is 0.230 e. The van der Waals surface area contributed by atoms with E-state index in [0.29, 0.717) is 13.0 Å². The maximum atomic E-state index is 13.6. The van der Waals surface area contributed by atoms with Crippen molar-refractivity contribution in [3.8, 4) is 0 Å². The molecule has 1 aliphatic carbocycles. The van der Waals surface area contributed by atoms with Crippen LogP contribution in [0.15, 0.2) is 48.7 Å². The van der Waals surface area contributed by atoms with Gasteiger partial charge in [0.05, 0.1) is 0 Å². The Hall–Kier alpha value is -2.93. The SMILES string of the molecule is O=C(CCN1CCN(c2ccccn2)CC1)N1CCCCCCCCN(C(=O)C2CC2)c2ccccc2C1. The largest absolute Gasteiger partial charge is 0.354 e. The van der Waals surface area contributed by atoms with Crippen molar-refractivity contribution >= 4 is 23.3 Å². The van der Waals surface area contributed by atoms with E-state index in [-0.39, 0.29) is 17.7 Å². The molecule has 1 saturated heterocycles. The normalized spacial score (nSPS) is 20.2. The lowest BCUT2D eigenvalue weighted by Gasteiger charge is -2.35. The third-order valence-corrected chi connectivity index (χ3v) is 8.24. The topological polar surface area (TPSA) is 60.0 Å². The Labute approximate surface area is 227 Å². The number of amides is 2. The first-order valence-electron chi connectivity index (χ1n) is 14.7. The number of pyridine rings is 1. The molecule has 5 rings (SSSR count). The number of hydrogen-bond donors (Lipinski definition) is 0. The Balaban J connectivity index is 1.22. The van der Waals surface area contributed by atoms with E-state index in [1.165, 1.54) is 12.8 Å². The molecule has 2 aromatic rings. The van der Waals surface area contributed by atoms with Crippen LogP contribution >= 0.6 is 0 Å². The number of aromatic nitrogens is 1. The van der Waals surface area contributed by atoms with E-state index in [0.717, 1.165) is 101 Å². The minimum Gasteiger partial charge on any atom is -0.354 e. The molecule has 0 unspecified atom stereocenters. The molecular formula is C31H43N5O2. The van der Waals surface area contributed by atoms with E-state index >= 15 is 0 Å². The summed E-state index contributed by atoms with van der Waals surface area (Å²) in [6.45, 7) is 6.72. The van der Waals surface area contributed by atoms with Crippen molar-refractivity contribution in [1.29, 1.82) is 0 Å². The molecule has 2 fully saturated rings. The van der Waals surface area contributed by atoms with Gasteiger partial charge in [-0.05, 0) is 49.4 Å². The second kappa shape index (κ2) is 13.2. The van der Waals surface area contributed by atoms with Crippen LogP contribution in [0.3, 0.4) is 0 Å². The molecule has 0 N–H and O–H groups in total. The molecule has 204 valence electrons. The summed E-state index contributed by atoms with van der Waals surface area (Å²) in [5.74, 6) is 1.72. The zero-order chi connectivity index (χ0) is 26.2. The van der Waals surface area contributed by atoms with Crippen LogP contribution < -0.4 is 9.80 Å². The molecule has 1 saturated carbocycles. The second-order valence-electron chi connectivity index (χ2n) is 11.1. The number of carbonyl (C=O) groups excluding carboxylic acids is 2. The first-order chi connectivity index (χ1) is 18.7. The molecule has 38 heavy (non-hydrogen) atoms. The molecule has 0 spiro atoms. The highest BCUT2D eigenvalue weighted by molar-refractivity contribution is 5.97. The average Bonchev–Trinajstić information content (AvgIpc) is 3.81. The lowest BCUT2D eigenvalue weighted by molar-refractivity contribution is -0.132. The van der Waals surface area contributed by atoms with Crippen molar-refractivity contribution < 1.29 is 9.59 Å². The van der Waals surface area contributed by atoms with E-state index in [4.69, 9.17) is 0 Å². The highest BCUT2D eigenvalue weighted by Gasteiger charge is 2.34. The van der Waals surface area contributed by atoms with Gasteiger partial charge in [-0.2, -0.15) is 0 Å². The van der Waals surface area contributed by atoms with Crippen LogP contribution in [0.1, 0.15) is 63.4 Å². The van der Waals surface area contributed by atoms with Crippen LogP contribution in [0.25, 0.3) is 0 Å². The highest BCUT2D eigenvalue weighted by Crippen LogP contribution is 2.34. The molecule has 1 aromatic carbocycles. The van der Waals surface area contributed by atoms with Crippen LogP contribution in [0.4, 0.5) is 11.5 Å². The van der Waals surface area contributed by atoms with Crippen LogP contribution in [0.2, 0.25) is 0 Å². The van der Waals surface area contributed by atoms with Gasteiger partial charge in [0.1, 0.15) is 5.82 Å². The second-order valence-corrected chi connectivity index (χ2v) is 11.1. The fourth-order valence-electron chi connectivity index (χ4n) is 5.74. The predicted molar refractivity (Wildman–Crippen MR) is 152 cm³/mol. The Morgan fingerprint density at radius 3 is 2.24 bits per heavy atom. The summed E-state index contributed by atoms with van der Waals surface area (Å²) in [6, 6.07) is 14.3. The lowest BCUT2D eigenvalue weighted by Crippen LogP contribution is -2.47. The quantitative estimate of drug-likeness (QED) is 0.575. The summed E-state index contributed by atoms with van der Waals surface area (Å²) in [7, 11) is 0. The van der Waals surface area contributed by atoms with E-state index < -0.39 is 0 Å². The summed E-state index contributed by atoms with van der Waals surface area (Å²) in [4.78, 5) is 40.1.